The average molecular weight is 394 g/mol. The smallest absolute Gasteiger partial charge is 0.223 e. The molecule has 0 radical (unpaired) electrons. The highest BCUT2D eigenvalue weighted by Gasteiger charge is 2.46. The second-order valence-corrected chi connectivity index (χ2v) is 8.76. The number of rotatable bonds is 5. The molecule has 4 rings (SSSR count). The summed E-state index contributed by atoms with van der Waals surface area (Å²) in [5.41, 5.74) is 1.35. The van der Waals surface area contributed by atoms with Crippen LogP contribution in [0, 0.1) is 5.92 Å². The van der Waals surface area contributed by atoms with Crippen molar-refractivity contribution >= 4 is 5.91 Å². The number of likely N-dealkylation sites (tertiary alicyclic amines) is 1. The van der Waals surface area contributed by atoms with Gasteiger partial charge >= 0.3 is 0 Å². The van der Waals surface area contributed by atoms with Crippen LogP contribution < -0.4 is 5.32 Å². The van der Waals surface area contributed by atoms with Crippen molar-refractivity contribution in [3.8, 4) is 0 Å². The molecule has 1 amide bonds. The number of nitrogens with zero attached hydrogens (tertiary/aromatic N) is 2. The Kier molecular flexibility index (Phi) is 5.97. The number of pyridine rings is 1. The zero-order chi connectivity index (χ0) is 20.3. The van der Waals surface area contributed by atoms with E-state index in [0.29, 0.717) is 6.42 Å². The third-order valence-electron chi connectivity index (χ3n) is 6.58. The standard InChI is InChI=1S/C24H31N3O2/c1-24(29)13-16-27(17-18-11-14-25-15-12-18)21(19-7-3-2-4-8-19)22(24)26-23(28)20-9-5-6-10-20/h2-4,7-8,11-12,14-15,20-22,29H,5-6,9-10,13,16-17H2,1H3,(H,26,28)/t21-,22-,24+/m0/s1. The van der Waals surface area contributed by atoms with E-state index in [9.17, 15) is 9.90 Å². The molecule has 1 aromatic heterocycles. The molecule has 2 aliphatic rings. The van der Waals surface area contributed by atoms with Crippen LogP contribution in [-0.2, 0) is 11.3 Å². The van der Waals surface area contributed by atoms with Crippen molar-refractivity contribution in [2.45, 2.75) is 63.3 Å². The predicted octanol–water partition coefficient (Wildman–Crippen LogP) is 3.45. The molecule has 3 atom stereocenters. The molecule has 2 N–H and O–H groups in total. The summed E-state index contributed by atoms with van der Waals surface area (Å²) in [6.45, 7) is 3.39. The van der Waals surface area contributed by atoms with Gasteiger partial charge in [0.05, 0.1) is 17.7 Å². The first-order valence-electron chi connectivity index (χ1n) is 10.8. The molecule has 2 fully saturated rings. The number of carbonyl (C=O) groups is 1. The minimum Gasteiger partial charge on any atom is -0.388 e. The Morgan fingerprint density at radius 2 is 1.86 bits per heavy atom. The maximum atomic E-state index is 13.0. The van der Waals surface area contributed by atoms with Crippen LogP contribution in [0.2, 0.25) is 0 Å². The lowest BCUT2D eigenvalue weighted by atomic mass is 9.79. The Bertz CT molecular complexity index is 803. The molecular weight excluding hydrogens is 362 g/mol. The van der Waals surface area contributed by atoms with E-state index in [0.717, 1.165) is 44.3 Å². The number of aliphatic hydroxyl groups is 1. The third-order valence-corrected chi connectivity index (χ3v) is 6.58. The molecule has 1 aliphatic heterocycles. The zero-order valence-corrected chi connectivity index (χ0v) is 17.1. The molecule has 5 heteroatoms. The van der Waals surface area contributed by atoms with Gasteiger partial charge in [-0.1, -0.05) is 43.2 Å². The third kappa shape index (κ3) is 4.51. The molecular formula is C24H31N3O2. The lowest BCUT2D eigenvalue weighted by Crippen LogP contribution is -2.62. The molecule has 2 aromatic rings. The van der Waals surface area contributed by atoms with Crippen LogP contribution in [0.5, 0.6) is 0 Å². The Morgan fingerprint density at radius 1 is 1.17 bits per heavy atom. The summed E-state index contributed by atoms with van der Waals surface area (Å²) in [6.07, 6.45) is 8.40. The molecule has 1 saturated carbocycles. The van der Waals surface area contributed by atoms with Crippen LogP contribution in [-0.4, -0.2) is 39.1 Å². The number of piperidine rings is 1. The summed E-state index contributed by atoms with van der Waals surface area (Å²) in [6, 6.07) is 13.9. The highest BCUT2D eigenvalue weighted by molar-refractivity contribution is 5.79. The van der Waals surface area contributed by atoms with Crippen LogP contribution >= 0.6 is 0 Å². The van der Waals surface area contributed by atoms with Crippen molar-refractivity contribution in [1.82, 2.24) is 15.2 Å². The average Bonchev–Trinajstić information content (AvgIpc) is 3.27. The maximum absolute atomic E-state index is 13.0. The summed E-state index contributed by atoms with van der Waals surface area (Å²) in [5, 5.41) is 14.6. The van der Waals surface area contributed by atoms with Crippen molar-refractivity contribution in [2.75, 3.05) is 6.54 Å². The van der Waals surface area contributed by atoms with Gasteiger partial charge in [-0.05, 0) is 49.4 Å². The van der Waals surface area contributed by atoms with Crippen molar-refractivity contribution in [1.29, 1.82) is 0 Å². The number of aromatic nitrogens is 1. The molecule has 5 nitrogen and oxygen atoms in total. The fourth-order valence-corrected chi connectivity index (χ4v) is 4.86. The second kappa shape index (κ2) is 8.64. The van der Waals surface area contributed by atoms with Crippen LogP contribution in [0.25, 0.3) is 0 Å². The highest BCUT2D eigenvalue weighted by Crippen LogP contribution is 2.38. The zero-order valence-electron chi connectivity index (χ0n) is 17.1. The highest BCUT2D eigenvalue weighted by atomic mass is 16.3. The van der Waals surface area contributed by atoms with Gasteiger partial charge in [-0.3, -0.25) is 14.7 Å². The van der Waals surface area contributed by atoms with E-state index in [1.807, 2.05) is 49.6 Å². The summed E-state index contributed by atoms with van der Waals surface area (Å²) in [5.74, 6) is 0.178. The molecule has 1 aromatic carbocycles. The van der Waals surface area contributed by atoms with Crippen molar-refractivity contribution in [3.63, 3.8) is 0 Å². The van der Waals surface area contributed by atoms with E-state index in [-0.39, 0.29) is 23.9 Å². The van der Waals surface area contributed by atoms with Gasteiger partial charge in [0.1, 0.15) is 0 Å². The van der Waals surface area contributed by atoms with Gasteiger partial charge in [-0.15, -0.1) is 0 Å². The number of hydrogen-bond acceptors (Lipinski definition) is 4. The quantitative estimate of drug-likeness (QED) is 0.817. The first kappa shape index (κ1) is 20.0. The second-order valence-electron chi connectivity index (χ2n) is 8.76. The van der Waals surface area contributed by atoms with Crippen LogP contribution in [0.3, 0.4) is 0 Å². The maximum Gasteiger partial charge on any atom is 0.223 e. The van der Waals surface area contributed by atoms with E-state index in [2.05, 4.69) is 27.3 Å². The van der Waals surface area contributed by atoms with Crippen molar-refractivity contribution in [3.05, 3.63) is 66.0 Å². The first-order chi connectivity index (χ1) is 14.0. The van der Waals surface area contributed by atoms with Gasteiger partial charge in [0.25, 0.3) is 0 Å². The minimum atomic E-state index is -0.955. The predicted molar refractivity (Wildman–Crippen MR) is 113 cm³/mol. The Hall–Kier alpha value is -2.24. The summed E-state index contributed by atoms with van der Waals surface area (Å²) in [4.78, 5) is 19.5. The molecule has 0 spiro atoms. The van der Waals surface area contributed by atoms with E-state index in [1.54, 1.807) is 0 Å². The minimum absolute atomic E-state index is 0.0813. The number of amides is 1. The van der Waals surface area contributed by atoms with E-state index in [1.165, 1.54) is 5.56 Å². The Morgan fingerprint density at radius 3 is 2.55 bits per heavy atom. The van der Waals surface area contributed by atoms with Crippen LogP contribution in [0.15, 0.2) is 54.9 Å². The largest absolute Gasteiger partial charge is 0.388 e. The molecule has 0 unspecified atom stereocenters. The van der Waals surface area contributed by atoms with Crippen molar-refractivity contribution in [2.24, 2.45) is 5.92 Å². The molecule has 154 valence electrons. The van der Waals surface area contributed by atoms with Crippen LogP contribution in [0.1, 0.15) is 56.2 Å². The van der Waals surface area contributed by atoms with Crippen LogP contribution in [0.4, 0.5) is 0 Å². The first-order valence-corrected chi connectivity index (χ1v) is 10.8. The fourth-order valence-electron chi connectivity index (χ4n) is 4.86. The van der Waals surface area contributed by atoms with Gasteiger partial charge < -0.3 is 10.4 Å². The molecule has 0 bridgehead atoms. The normalized spacial score (nSPS) is 28.3. The number of carbonyl (C=O) groups excluding carboxylic acids is 1. The number of benzene rings is 1. The van der Waals surface area contributed by atoms with Gasteiger partial charge in [-0.25, -0.2) is 0 Å². The van der Waals surface area contributed by atoms with Gasteiger partial charge in [0.15, 0.2) is 0 Å². The lowest BCUT2D eigenvalue weighted by Gasteiger charge is -2.49. The van der Waals surface area contributed by atoms with E-state index < -0.39 is 5.60 Å². The van der Waals surface area contributed by atoms with Gasteiger partial charge in [0, 0.05) is 31.4 Å². The summed E-state index contributed by atoms with van der Waals surface area (Å²) in [7, 11) is 0. The Labute approximate surface area is 173 Å². The summed E-state index contributed by atoms with van der Waals surface area (Å²) < 4.78 is 0. The van der Waals surface area contributed by atoms with Gasteiger partial charge in [-0.2, -0.15) is 0 Å². The molecule has 1 aliphatic carbocycles. The SMILES string of the molecule is C[C@@]1(O)CCN(Cc2ccncc2)[C@@H](c2ccccc2)[C@@H]1NC(=O)C1CCCC1. The van der Waals surface area contributed by atoms with Crippen molar-refractivity contribution < 1.29 is 9.90 Å². The molecule has 29 heavy (non-hydrogen) atoms. The monoisotopic (exact) mass is 393 g/mol. The topological polar surface area (TPSA) is 65.5 Å². The number of hydrogen-bond donors (Lipinski definition) is 2. The van der Waals surface area contributed by atoms with E-state index >= 15 is 0 Å². The molecule has 2 heterocycles. The molecule has 1 saturated heterocycles. The number of nitrogens with one attached hydrogen (secondary N) is 1. The summed E-state index contributed by atoms with van der Waals surface area (Å²) >= 11 is 0. The fraction of sp³-hybridized carbons (Fsp3) is 0.500. The Balaban J connectivity index is 1.64. The lowest BCUT2D eigenvalue weighted by molar-refractivity contribution is -0.132. The van der Waals surface area contributed by atoms with Gasteiger partial charge in [0.2, 0.25) is 5.91 Å². The van der Waals surface area contributed by atoms with E-state index in [4.69, 9.17) is 0 Å².